The van der Waals surface area contributed by atoms with E-state index >= 15 is 0 Å². The molecule has 0 aromatic heterocycles. The summed E-state index contributed by atoms with van der Waals surface area (Å²) in [4.78, 5) is 14.0. The number of nitrogens with zero attached hydrogens (tertiary/aromatic N) is 1. The third-order valence-electron chi connectivity index (χ3n) is 2.46. The molecule has 0 heterocycles. The molecule has 2 aromatic rings. The Morgan fingerprint density at radius 2 is 2.06 bits per heavy atom. The first-order chi connectivity index (χ1) is 8.72. The molecule has 0 amide bonds. The van der Waals surface area contributed by atoms with Crippen molar-refractivity contribution in [2.75, 3.05) is 0 Å². The van der Waals surface area contributed by atoms with Crippen molar-refractivity contribution in [3.05, 3.63) is 65.0 Å². The quantitative estimate of drug-likeness (QED) is 0.593. The maximum atomic E-state index is 10.6. The first kappa shape index (κ1) is 11.9. The number of carbonyl (C=O) groups is 1. The minimum absolute atomic E-state index is 0.334. The summed E-state index contributed by atoms with van der Waals surface area (Å²) in [6.45, 7) is 9.06. The first-order valence-electron chi connectivity index (χ1n) is 5.44. The van der Waals surface area contributed by atoms with Crippen LogP contribution in [-0.2, 0) is 0 Å². The number of aryl methyl sites for hydroxylation is 1. The van der Waals surface area contributed by atoms with Crippen molar-refractivity contribution in [2.24, 2.45) is 0 Å². The monoisotopic (exact) mass is 237 g/mol. The van der Waals surface area contributed by atoms with Crippen LogP contribution in [0.3, 0.4) is 0 Å². The molecule has 2 rings (SSSR count). The molecule has 3 nitrogen and oxygen atoms in total. The van der Waals surface area contributed by atoms with E-state index in [2.05, 4.69) is 4.85 Å². The third-order valence-corrected chi connectivity index (χ3v) is 2.46. The van der Waals surface area contributed by atoms with Gasteiger partial charge in [0.1, 0.15) is 17.8 Å². The fourth-order valence-corrected chi connectivity index (χ4v) is 1.59. The van der Waals surface area contributed by atoms with Crippen molar-refractivity contribution >= 4 is 12.0 Å². The van der Waals surface area contributed by atoms with Gasteiger partial charge in [0.25, 0.3) is 0 Å². The average Bonchev–Trinajstić information content (AvgIpc) is 2.39. The van der Waals surface area contributed by atoms with E-state index in [9.17, 15) is 4.79 Å². The van der Waals surface area contributed by atoms with Crippen LogP contribution in [0.2, 0.25) is 0 Å². The van der Waals surface area contributed by atoms with Crippen LogP contribution in [0.5, 0.6) is 11.5 Å². The van der Waals surface area contributed by atoms with Gasteiger partial charge in [-0.05, 0) is 36.8 Å². The van der Waals surface area contributed by atoms with Crippen molar-refractivity contribution in [1.29, 1.82) is 0 Å². The van der Waals surface area contributed by atoms with Gasteiger partial charge in [0.2, 0.25) is 5.69 Å². The SMILES string of the molecule is [C-]#[N+]c1cc(C=O)ccc1Oc1cccc(C)c1. The second-order valence-corrected chi connectivity index (χ2v) is 3.88. The van der Waals surface area contributed by atoms with Gasteiger partial charge in [-0.25, -0.2) is 4.85 Å². The van der Waals surface area contributed by atoms with Crippen LogP contribution in [0.15, 0.2) is 42.5 Å². The Bertz CT molecular complexity index is 627. The van der Waals surface area contributed by atoms with Gasteiger partial charge < -0.3 is 4.74 Å². The molecular weight excluding hydrogens is 226 g/mol. The summed E-state index contributed by atoms with van der Waals surface area (Å²) in [5, 5.41) is 0. The van der Waals surface area contributed by atoms with Crippen molar-refractivity contribution in [3.63, 3.8) is 0 Å². The fraction of sp³-hybridized carbons (Fsp3) is 0.0667. The maximum Gasteiger partial charge on any atom is 0.229 e. The zero-order valence-electron chi connectivity index (χ0n) is 9.88. The summed E-state index contributed by atoms with van der Waals surface area (Å²) < 4.78 is 5.65. The normalized spacial score (nSPS) is 9.56. The smallest absolute Gasteiger partial charge is 0.229 e. The van der Waals surface area contributed by atoms with Gasteiger partial charge in [-0.3, -0.25) is 4.79 Å². The summed E-state index contributed by atoms with van der Waals surface area (Å²) in [6.07, 6.45) is 0.713. The van der Waals surface area contributed by atoms with Crippen molar-refractivity contribution < 1.29 is 9.53 Å². The molecule has 2 aromatic carbocycles. The lowest BCUT2D eigenvalue weighted by atomic mass is 10.2. The Labute approximate surface area is 105 Å². The van der Waals surface area contributed by atoms with E-state index in [1.807, 2.05) is 31.2 Å². The Hall–Kier alpha value is -2.60. The lowest BCUT2D eigenvalue weighted by Gasteiger charge is -2.08. The van der Waals surface area contributed by atoms with Crippen molar-refractivity contribution in [1.82, 2.24) is 0 Å². The molecule has 0 bridgehead atoms. The summed E-state index contributed by atoms with van der Waals surface area (Å²) in [5.74, 6) is 1.14. The summed E-state index contributed by atoms with van der Waals surface area (Å²) in [6, 6.07) is 12.4. The number of carbonyl (C=O) groups excluding carboxylic acids is 1. The second kappa shape index (κ2) is 5.15. The molecule has 0 spiro atoms. The highest BCUT2D eigenvalue weighted by Gasteiger charge is 2.06. The Balaban J connectivity index is 2.35. The Morgan fingerprint density at radius 1 is 1.22 bits per heavy atom. The van der Waals surface area contributed by atoms with Gasteiger partial charge >= 0.3 is 0 Å². The molecule has 0 fully saturated rings. The van der Waals surface area contributed by atoms with Crippen LogP contribution in [0, 0.1) is 13.5 Å². The number of rotatable bonds is 3. The van der Waals surface area contributed by atoms with E-state index in [0.29, 0.717) is 29.0 Å². The van der Waals surface area contributed by atoms with E-state index in [1.165, 1.54) is 6.07 Å². The second-order valence-electron chi connectivity index (χ2n) is 3.88. The lowest BCUT2D eigenvalue weighted by Crippen LogP contribution is -1.87. The van der Waals surface area contributed by atoms with Gasteiger partial charge in [-0.15, -0.1) is 0 Å². The number of ether oxygens (including phenoxy) is 1. The Morgan fingerprint density at radius 3 is 2.72 bits per heavy atom. The number of hydrogen-bond donors (Lipinski definition) is 0. The molecule has 0 aliphatic rings. The number of aldehydes is 1. The molecule has 0 aliphatic carbocycles. The fourth-order valence-electron chi connectivity index (χ4n) is 1.59. The van der Waals surface area contributed by atoms with Crippen LogP contribution >= 0.6 is 0 Å². The molecule has 18 heavy (non-hydrogen) atoms. The minimum Gasteiger partial charge on any atom is -0.468 e. The van der Waals surface area contributed by atoms with Gasteiger partial charge in [-0.2, -0.15) is 0 Å². The highest BCUT2D eigenvalue weighted by Crippen LogP contribution is 2.32. The van der Waals surface area contributed by atoms with E-state index in [-0.39, 0.29) is 0 Å². The summed E-state index contributed by atoms with van der Waals surface area (Å²) in [5.41, 5.74) is 1.89. The van der Waals surface area contributed by atoms with E-state index < -0.39 is 0 Å². The van der Waals surface area contributed by atoms with Crippen molar-refractivity contribution in [3.8, 4) is 11.5 Å². The van der Waals surface area contributed by atoms with E-state index in [4.69, 9.17) is 11.3 Å². The van der Waals surface area contributed by atoms with Gasteiger partial charge in [0, 0.05) is 5.56 Å². The molecule has 0 radical (unpaired) electrons. The largest absolute Gasteiger partial charge is 0.468 e. The lowest BCUT2D eigenvalue weighted by molar-refractivity contribution is 0.112. The molecule has 0 unspecified atom stereocenters. The van der Waals surface area contributed by atoms with Gasteiger partial charge in [0.05, 0.1) is 6.57 Å². The van der Waals surface area contributed by atoms with Crippen molar-refractivity contribution in [2.45, 2.75) is 6.92 Å². The molecule has 3 heteroatoms. The average molecular weight is 237 g/mol. The minimum atomic E-state index is 0.334. The summed E-state index contributed by atoms with van der Waals surface area (Å²) in [7, 11) is 0. The van der Waals surface area contributed by atoms with E-state index in [1.54, 1.807) is 12.1 Å². The zero-order valence-corrected chi connectivity index (χ0v) is 9.88. The molecule has 88 valence electrons. The van der Waals surface area contributed by atoms with Gasteiger partial charge in [0.15, 0.2) is 0 Å². The topological polar surface area (TPSA) is 30.7 Å². The van der Waals surface area contributed by atoms with Crippen LogP contribution in [-0.4, -0.2) is 6.29 Å². The molecule has 0 saturated heterocycles. The van der Waals surface area contributed by atoms with E-state index in [0.717, 1.165) is 5.56 Å². The van der Waals surface area contributed by atoms with Gasteiger partial charge in [-0.1, -0.05) is 18.2 Å². The zero-order chi connectivity index (χ0) is 13.0. The Kier molecular flexibility index (Phi) is 3.40. The van der Waals surface area contributed by atoms with Crippen LogP contribution in [0.1, 0.15) is 15.9 Å². The van der Waals surface area contributed by atoms with Crippen LogP contribution < -0.4 is 4.74 Å². The highest BCUT2D eigenvalue weighted by atomic mass is 16.5. The molecule has 0 N–H and O–H groups in total. The highest BCUT2D eigenvalue weighted by molar-refractivity contribution is 5.79. The molecular formula is C15H11NO2. The number of hydrogen-bond acceptors (Lipinski definition) is 2. The predicted octanol–water partition coefficient (Wildman–Crippen LogP) is 4.15. The number of benzene rings is 2. The third kappa shape index (κ3) is 2.55. The maximum absolute atomic E-state index is 10.6. The van der Waals surface area contributed by atoms with Crippen LogP contribution in [0.25, 0.3) is 4.85 Å². The molecule has 0 saturated carbocycles. The van der Waals surface area contributed by atoms with Crippen LogP contribution in [0.4, 0.5) is 5.69 Å². The summed E-state index contributed by atoms with van der Waals surface area (Å²) >= 11 is 0. The molecule has 0 atom stereocenters. The standard InChI is InChI=1S/C15H11NO2/c1-11-4-3-5-13(8-11)18-15-7-6-12(10-17)9-14(15)16-2/h3-10H,1H3. The first-order valence-corrected chi connectivity index (χ1v) is 5.44. The molecule has 0 aliphatic heterocycles. The predicted molar refractivity (Wildman–Crippen MR) is 69.3 cm³/mol.